The van der Waals surface area contributed by atoms with Crippen molar-refractivity contribution in [2.24, 2.45) is 0 Å². The Hall–Kier alpha value is -2.30. The number of benzene rings is 1. The van der Waals surface area contributed by atoms with Crippen molar-refractivity contribution in [2.45, 2.75) is 13.0 Å². The highest BCUT2D eigenvalue weighted by Crippen LogP contribution is 2.13. The van der Waals surface area contributed by atoms with Crippen LogP contribution < -0.4 is 5.32 Å². The quantitative estimate of drug-likeness (QED) is 0.785. The van der Waals surface area contributed by atoms with Crippen LogP contribution in [-0.4, -0.2) is 23.8 Å². The summed E-state index contributed by atoms with van der Waals surface area (Å²) < 4.78 is 4.78. The minimum absolute atomic E-state index is 0.149. The van der Waals surface area contributed by atoms with E-state index in [-0.39, 0.29) is 18.2 Å². The van der Waals surface area contributed by atoms with Crippen LogP contribution in [0, 0.1) is 0 Å². The van der Waals surface area contributed by atoms with Crippen molar-refractivity contribution >= 4 is 12.1 Å². The second kappa shape index (κ2) is 6.44. The van der Waals surface area contributed by atoms with Crippen LogP contribution in [-0.2, 0) is 4.74 Å². The number of carboxylic acids is 1. The Balaban J connectivity index is 2.61. The fourth-order valence-corrected chi connectivity index (χ4v) is 1.35. The van der Waals surface area contributed by atoms with Gasteiger partial charge in [0.15, 0.2) is 0 Å². The van der Waals surface area contributed by atoms with Crippen molar-refractivity contribution in [3.63, 3.8) is 0 Å². The molecule has 2 N–H and O–H groups in total. The van der Waals surface area contributed by atoms with Gasteiger partial charge in [-0.25, -0.2) is 9.59 Å². The number of ether oxygens (including phenoxy) is 1. The topological polar surface area (TPSA) is 75.6 Å². The predicted octanol–water partition coefficient (Wildman–Crippen LogP) is 2.36. The van der Waals surface area contributed by atoms with Crippen LogP contribution in [0.25, 0.3) is 0 Å². The highest BCUT2D eigenvalue weighted by Gasteiger charge is 2.10. The van der Waals surface area contributed by atoms with Gasteiger partial charge in [0, 0.05) is 0 Å². The third-order valence-electron chi connectivity index (χ3n) is 2.32. The molecule has 0 aliphatic heterocycles. The molecule has 1 amide bonds. The summed E-state index contributed by atoms with van der Waals surface area (Å²) in [6, 6.07) is 6.03. The largest absolute Gasteiger partial charge is 0.478 e. The molecule has 0 fully saturated rings. The van der Waals surface area contributed by atoms with Crippen molar-refractivity contribution in [3.8, 4) is 0 Å². The normalized spacial score (nSPS) is 11.4. The molecule has 0 radical (unpaired) electrons. The summed E-state index contributed by atoms with van der Waals surface area (Å²) in [4.78, 5) is 22.0. The summed E-state index contributed by atoms with van der Waals surface area (Å²) in [5.41, 5.74) is 1.01. The predicted molar refractivity (Wildman–Crippen MR) is 66.5 cm³/mol. The maximum atomic E-state index is 11.3. The lowest BCUT2D eigenvalue weighted by Crippen LogP contribution is -2.27. The number of carbonyl (C=O) groups excluding carboxylic acids is 1. The summed E-state index contributed by atoms with van der Waals surface area (Å²) >= 11 is 0. The van der Waals surface area contributed by atoms with E-state index in [2.05, 4.69) is 11.9 Å². The number of nitrogens with one attached hydrogen (secondary N) is 1. The molecule has 0 saturated carbocycles. The van der Waals surface area contributed by atoms with Crippen LogP contribution in [0.5, 0.6) is 0 Å². The standard InChI is InChI=1S/C13H15NO4/c1-3-8-18-13(17)14-9(2)10-4-6-11(7-5-10)12(15)16/h3-7,9H,1,8H2,2H3,(H,14,17)(H,15,16)/t9-/m0/s1. The van der Waals surface area contributed by atoms with Gasteiger partial charge in [-0.05, 0) is 24.6 Å². The molecule has 1 atom stereocenters. The Bertz CT molecular complexity index is 439. The van der Waals surface area contributed by atoms with Gasteiger partial charge in [0.1, 0.15) is 6.61 Å². The molecule has 18 heavy (non-hydrogen) atoms. The van der Waals surface area contributed by atoms with Crippen molar-refractivity contribution in [2.75, 3.05) is 6.61 Å². The van der Waals surface area contributed by atoms with Crippen LogP contribution in [0.4, 0.5) is 4.79 Å². The van der Waals surface area contributed by atoms with Gasteiger partial charge in [0.05, 0.1) is 11.6 Å². The van der Waals surface area contributed by atoms with E-state index in [9.17, 15) is 9.59 Å². The minimum Gasteiger partial charge on any atom is -0.478 e. The lowest BCUT2D eigenvalue weighted by Gasteiger charge is -2.14. The molecular formula is C13H15NO4. The molecule has 1 aromatic rings. The Morgan fingerprint density at radius 2 is 2.06 bits per heavy atom. The van der Waals surface area contributed by atoms with E-state index in [1.807, 2.05) is 0 Å². The van der Waals surface area contributed by atoms with E-state index in [4.69, 9.17) is 9.84 Å². The Labute approximate surface area is 105 Å². The van der Waals surface area contributed by atoms with Crippen LogP contribution in [0.1, 0.15) is 28.9 Å². The minimum atomic E-state index is -0.979. The van der Waals surface area contributed by atoms with Gasteiger partial charge < -0.3 is 15.2 Å². The van der Waals surface area contributed by atoms with E-state index in [1.54, 1.807) is 19.1 Å². The van der Waals surface area contributed by atoms with Gasteiger partial charge in [0.25, 0.3) is 0 Å². The van der Waals surface area contributed by atoms with Crippen LogP contribution >= 0.6 is 0 Å². The molecule has 1 aromatic carbocycles. The molecule has 0 spiro atoms. The molecule has 0 unspecified atom stereocenters. The third kappa shape index (κ3) is 3.93. The van der Waals surface area contributed by atoms with Gasteiger partial charge in [0.2, 0.25) is 0 Å². The number of aromatic carboxylic acids is 1. The first kappa shape index (κ1) is 13.8. The smallest absolute Gasteiger partial charge is 0.407 e. The molecule has 0 heterocycles. The maximum absolute atomic E-state index is 11.3. The molecule has 96 valence electrons. The highest BCUT2D eigenvalue weighted by molar-refractivity contribution is 5.87. The lowest BCUT2D eigenvalue weighted by molar-refractivity contribution is 0.0696. The van der Waals surface area contributed by atoms with Gasteiger partial charge in [-0.3, -0.25) is 0 Å². The first-order valence-electron chi connectivity index (χ1n) is 5.42. The van der Waals surface area contributed by atoms with Crippen molar-refractivity contribution in [3.05, 3.63) is 48.0 Å². The third-order valence-corrected chi connectivity index (χ3v) is 2.32. The highest BCUT2D eigenvalue weighted by atomic mass is 16.5. The summed E-state index contributed by atoms with van der Waals surface area (Å²) in [6.45, 7) is 5.37. The summed E-state index contributed by atoms with van der Waals surface area (Å²) in [6.07, 6.45) is 0.941. The number of alkyl carbamates (subject to hydrolysis) is 1. The zero-order valence-electron chi connectivity index (χ0n) is 10.1. The van der Waals surface area contributed by atoms with Crippen molar-refractivity contribution < 1.29 is 19.4 Å². The second-order valence-corrected chi connectivity index (χ2v) is 3.68. The molecule has 0 bridgehead atoms. The molecule has 1 rings (SSSR count). The molecule has 0 aromatic heterocycles. The average Bonchev–Trinajstić information content (AvgIpc) is 2.36. The fourth-order valence-electron chi connectivity index (χ4n) is 1.35. The van der Waals surface area contributed by atoms with Crippen LogP contribution in [0.15, 0.2) is 36.9 Å². The molecule has 5 nitrogen and oxygen atoms in total. The molecular weight excluding hydrogens is 234 g/mol. The Kier molecular flexibility index (Phi) is 4.92. The monoisotopic (exact) mass is 249 g/mol. The zero-order valence-corrected chi connectivity index (χ0v) is 10.1. The molecule has 0 saturated heterocycles. The molecule has 5 heteroatoms. The van der Waals surface area contributed by atoms with Gasteiger partial charge in [-0.2, -0.15) is 0 Å². The number of amides is 1. The van der Waals surface area contributed by atoms with Crippen LogP contribution in [0.3, 0.4) is 0 Å². The average molecular weight is 249 g/mol. The lowest BCUT2D eigenvalue weighted by atomic mass is 10.1. The van der Waals surface area contributed by atoms with E-state index in [0.29, 0.717) is 0 Å². The first-order valence-corrected chi connectivity index (χ1v) is 5.42. The SMILES string of the molecule is C=CCOC(=O)N[C@@H](C)c1ccc(C(=O)O)cc1. The van der Waals surface area contributed by atoms with E-state index in [1.165, 1.54) is 18.2 Å². The maximum Gasteiger partial charge on any atom is 0.407 e. The second-order valence-electron chi connectivity index (χ2n) is 3.68. The van der Waals surface area contributed by atoms with Gasteiger partial charge in [-0.1, -0.05) is 24.8 Å². The Morgan fingerprint density at radius 1 is 1.44 bits per heavy atom. The molecule has 0 aliphatic rings. The number of carbonyl (C=O) groups is 2. The van der Waals surface area contributed by atoms with Gasteiger partial charge in [-0.15, -0.1) is 0 Å². The first-order chi connectivity index (χ1) is 8.54. The summed E-state index contributed by atoms with van der Waals surface area (Å²) in [5, 5.41) is 11.4. The van der Waals surface area contributed by atoms with Crippen molar-refractivity contribution in [1.29, 1.82) is 0 Å². The van der Waals surface area contributed by atoms with E-state index >= 15 is 0 Å². The number of carboxylic acid groups (broad SMARTS) is 1. The Morgan fingerprint density at radius 3 is 2.56 bits per heavy atom. The summed E-state index contributed by atoms with van der Waals surface area (Å²) in [7, 11) is 0. The number of hydrogen-bond acceptors (Lipinski definition) is 3. The van der Waals surface area contributed by atoms with E-state index < -0.39 is 12.1 Å². The van der Waals surface area contributed by atoms with Crippen LogP contribution in [0.2, 0.25) is 0 Å². The number of rotatable bonds is 5. The zero-order chi connectivity index (χ0) is 13.5. The summed E-state index contributed by atoms with van der Waals surface area (Å²) in [5.74, 6) is -0.979. The van der Waals surface area contributed by atoms with E-state index in [0.717, 1.165) is 5.56 Å². The number of hydrogen-bond donors (Lipinski definition) is 2. The van der Waals surface area contributed by atoms with Gasteiger partial charge >= 0.3 is 12.1 Å². The fraction of sp³-hybridized carbons (Fsp3) is 0.231. The molecule has 0 aliphatic carbocycles. The van der Waals surface area contributed by atoms with Crippen molar-refractivity contribution in [1.82, 2.24) is 5.32 Å².